The molecule has 2 aromatic carbocycles. The predicted molar refractivity (Wildman–Crippen MR) is 81.8 cm³/mol. The van der Waals surface area contributed by atoms with Crippen LogP contribution in [0, 0.1) is 0 Å². The van der Waals surface area contributed by atoms with E-state index < -0.39 is 11.7 Å². The fourth-order valence-corrected chi connectivity index (χ4v) is 2.96. The maximum Gasteiger partial charge on any atom is 0.157 e. The van der Waals surface area contributed by atoms with E-state index in [1.165, 1.54) is 31.4 Å². The van der Waals surface area contributed by atoms with Crippen LogP contribution in [-0.2, 0) is 11.2 Å². The van der Waals surface area contributed by atoms with Gasteiger partial charge in [-0.1, -0.05) is 6.07 Å². The Hall–Kier alpha value is -2.44. The second-order valence-corrected chi connectivity index (χ2v) is 5.73. The number of hydrogen-bond acceptors (Lipinski definition) is 6. The Morgan fingerprint density at radius 3 is 2.61 bits per heavy atom. The van der Waals surface area contributed by atoms with E-state index in [0.29, 0.717) is 16.9 Å². The number of hydrogen-bond donors (Lipinski definition) is 4. The number of benzene rings is 2. The van der Waals surface area contributed by atoms with Crippen molar-refractivity contribution in [2.75, 3.05) is 13.7 Å². The molecule has 1 aliphatic rings. The van der Waals surface area contributed by atoms with Crippen LogP contribution in [0.4, 0.5) is 0 Å². The lowest BCUT2D eigenvalue weighted by Gasteiger charge is -2.40. The van der Waals surface area contributed by atoms with Gasteiger partial charge < -0.3 is 29.9 Å². The zero-order valence-corrected chi connectivity index (χ0v) is 12.6. The van der Waals surface area contributed by atoms with E-state index in [2.05, 4.69) is 0 Å². The van der Waals surface area contributed by atoms with Crippen LogP contribution in [0.25, 0.3) is 0 Å². The van der Waals surface area contributed by atoms with E-state index in [4.69, 9.17) is 9.47 Å². The van der Waals surface area contributed by atoms with Crippen molar-refractivity contribution in [2.45, 2.75) is 18.1 Å². The Morgan fingerprint density at radius 2 is 1.91 bits per heavy atom. The minimum Gasteiger partial charge on any atom is -0.508 e. The lowest BCUT2D eigenvalue weighted by Crippen LogP contribution is -2.48. The van der Waals surface area contributed by atoms with Gasteiger partial charge in [0.1, 0.15) is 29.8 Å². The fraction of sp³-hybridized carbons (Fsp3) is 0.294. The average Bonchev–Trinajstić information content (AvgIpc) is 2.51. The van der Waals surface area contributed by atoms with Gasteiger partial charge in [-0.25, -0.2) is 0 Å². The summed E-state index contributed by atoms with van der Waals surface area (Å²) in [4.78, 5) is 0. The molecule has 0 unspecified atom stereocenters. The summed E-state index contributed by atoms with van der Waals surface area (Å²) < 4.78 is 11.1. The lowest BCUT2D eigenvalue weighted by molar-refractivity contribution is -0.129. The molecular formula is C17H18O6. The van der Waals surface area contributed by atoms with E-state index in [1.807, 2.05) is 0 Å². The molecule has 6 heteroatoms. The number of aliphatic hydroxyl groups is 1. The molecule has 0 saturated carbocycles. The van der Waals surface area contributed by atoms with Gasteiger partial charge in [-0.3, -0.25) is 0 Å². The third-order valence-electron chi connectivity index (χ3n) is 4.03. The molecule has 4 N–H and O–H groups in total. The van der Waals surface area contributed by atoms with Crippen LogP contribution < -0.4 is 4.74 Å². The Labute approximate surface area is 133 Å². The molecule has 122 valence electrons. The van der Waals surface area contributed by atoms with E-state index in [0.717, 1.165) is 0 Å². The van der Waals surface area contributed by atoms with Crippen molar-refractivity contribution in [2.24, 2.45) is 0 Å². The third kappa shape index (κ3) is 2.78. The van der Waals surface area contributed by atoms with Crippen LogP contribution in [0.15, 0.2) is 36.4 Å². The van der Waals surface area contributed by atoms with Crippen LogP contribution in [0.5, 0.6) is 23.0 Å². The molecule has 0 radical (unpaired) electrons. The topological polar surface area (TPSA) is 99.4 Å². The summed E-state index contributed by atoms with van der Waals surface area (Å²) in [5.41, 5.74) is -0.0694. The first-order valence-corrected chi connectivity index (χ1v) is 7.15. The summed E-state index contributed by atoms with van der Waals surface area (Å²) in [6.07, 6.45) is -0.484. The van der Waals surface area contributed by atoms with Crippen LogP contribution in [-0.4, -0.2) is 39.7 Å². The maximum atomic E-state index is 11.0. The molecule has 0 bridgehead atoms. The zero-order chi connectivity index (χ0) is 16.6. The van der Waals surface area contributed by atoms with Crippen molar-refractivity contribution in [3.63, 3.8) is 0 Å². The standard InChI is InChI=1S/C17H18O6/c1-22-16-12-4-3-11(18)7-15(12)23-9-17(16,21)8-10-2-5-13(19)14(20)6-10/h2-7,16,18-21H,8-9H2,1H3/t16-,17+/m1/s1. The molecule has 1 aliphatic heterocycles. The number of rotatable bonds is 3. The van der Waals surface area contributed by atoms with E-state index in [-0.39, 0.29) is 30.3 Å². The Balaban J connectivity index is 1.94. The highest BCUT2D eigenvalue weighted by Gasteiger charge is 2.44. The molecule has 23 heavy (non-hydrogen) atoms. The first kappa shape index (κ1) is 15.5. The molecule has 1 heterocycles. The van der Waals surface area contributed by atoms with Crippen molar-refractivity contribution in [3.8, 4) is 23.0 Å². The van der Waals surface area contributed by atoms with Gasteiger partial charge in [0.05, 0.1) is 0 Å². The van der Waals surface area contributed by atoms with E-state index in [9.17, 15) is 20.4 Å². The van der Waals surface area contributed by atoms with Crippen molar-refractivity contribution < 1.29 is 29.9 Å². The zero-order valence-electron chi connectivity index (χ0n) is 12.6. The van der Waals surface area contributed by atoms with Crippen molar-refractivity contribution in [1.29, 1.82) is 0 Å². The summed E-state index contributed by atoms with van der Waals surface area (Å²) >= 11 is 0. The molecular weight excluding hydrogens is 300 g/mol. The van der Waals surface area contributed by atoms with Crippen LogP contribution >= 0.6 is 0 Å². The van der Waals surface area contributed by atoms with E-state index >= 15 is 0 Å². The predicted octanol–water partition coefficient (Wildman–Crippen LogP) is 1.86. The molecule has 2 aromatic rings. The molecule has 0 spiro atoms. The largest absolute Gasteiger partial charge is 0.508 e. The number of fused-ring (bicyclic) bond motifs is 1. The second kappa shape index (κ2) is 5.64. The third-order valence-corrected chi connectivity index (χ3v) is 4.03. The van der Waals surface area contributed by atoms with Crippen LogP contribution in [0.2, 0.25) is 0 Å². The maximum absolute atomic E-state index is 11.0. The van der Waals surface area contributed by atoms with Crippen LogP contribution in [0.1, 0.15) is 17.2 Å². The number of methoxy groups -OCH3 is 1. The molecule has 6 nitrogen and oxygen atoms in total. The molecule has 0 fully saturated rings. The Kier molecular flexibility index (Phi) is 3.79. The van der Waals surface area contributed by atoms with Gasteiger partial charge in [-0.05, 0) is 29.8 Å². The molecule has 3 rings (SSSR count). The molecule has 0 amide bonds. The smallest absolute Gasteiger partial charge is 0.157 e. The first-order chi connectivity index (χ1) is 10.9. The van der Waals surface area contributed by atoms with Gasteiger partial charge in [0.15, 0.2) is 11.5 Å². The molecule has 0 saturated heterocycles. The Bertz CT molecular complexity index is 729. The van der Waals surface area contributed by atoms with Gasteiger partial charge in [0.25, 0.3) is 0 Å². The molecule has 2 atom stereocenters. The summed E-state index contributed by atoms with van der Waals surface area (Å²) in [5, 5.41) is 39.5. The molecule has 0 aliphatic carbocycles. The highest BCUT2D eigenvalue weighted by atomic mass is 16.5. The number of phenolic OH excluding ortho intramolecular Hbond substituents is 3. The quantitative estimate of drug-likeness (QED) is 0.645. The second-order valence-electron chi connectivity index (χ2n) is 5.73. The average molecular weight is 318 g/mol. The minimum atomic E-state index is -1.35. The van der Waals surface area contributed by atoms with Gasteiger partial charge in [0.2, 0.25) is 0 Å². The monoisotopic (exact) mass is 318 g/mol. The van der Waals surface area contributed by atoms with E-state index in [1.54, 1.807) is 12.1 Å². The summed E-state index contributed by atoms with van der Waals surface area (Å²) in [6, 6.07) is 9.01. The summed E-state index contributed by atoms with van der Waals surface area (Å²) in [6.45, 7) is -0.0242. The number of phenols is 3. The van der Waals surface area contributed by atoms with Crippen molar-refractivity contribution in [1.82, 2.24) is 0 Å². The SMILES string of the molecule is CO[C@@H]1c2ccc(O)cc2OC[C@@]1(O)Cc1ccc(O)c(O)c1. The van der Waals surface area contributed by atoms with Gasteiger partial charge >= 0.3 is 0 Å². The van der Waals surface area contributed by atoms with Gasteiger partial charge in [-0.2, -0.15) is 0 Å². The minimum absolute atomic E-state index is 0.0242. The van der Waals surface area contributed by atoms with Crippen molar-refractivity contribution in [3.05, 3.63) is 47.5 Å². The Morgan fingerprint density at radius 1 is 1.13 bits per heavy atom. The summed E-state index contributed by atoms with van der Waals surface area (Å²) in [7, 11) is 1.49. The highest BCUT2D eigenvalue weighted by molar-refractivity contribution is 5.45. The van der Waals surface area contributed by atoms with Gasteiger partial charge in [0, 0.05) is 25.2 Å². The van der Waals surface area contributed by atoms with Crippen LogP contribution in [0.3, 0.4) is 0 Å². The lowest BCUT2D eigenvalue weighted by atomic mass is 9.83. The van der Waals surface area contributed by atoms with Gasteiger partial charge in [-0.15, -0.1) is 0 Å². The highest BCUT2D eigenvalue weighted by Crippen LogP contribution is 2.43. The molecule has 0 aromatic heterocycles. The normalized spacial score (nSPS) is 23.1. The van der Waals surface area contributed by atoms with Crippen molar-refractivity contribution >= 4 is 0 Å². The first-order valence-electron chi connectivity index (χ1n) is 7.15. The fourth-order valence-electron chi connectivity index (χ4n) is 2.96. The summed E-state index contributed by atoms with van der Waals surface area (Å²) in [5.74, 6) is 0.0782. The number of aromatic hydroxyl groups is 3. The number of ether oxygens (including phenoxy) is 2.